The first kappa shape index (κ1) is 16.8. The van der Waals surface area contributed by atoms with Gasteiger partial charge in [0, 0.05) is 0 Å². The summed E-state index contributed by atoms with van der Waals surface area (Å²) in [7, 11) is -2.18. The summed E-state index contributed by atoms with van der Waals surface area (Å²) in [4.78, 5) is 10.9. The van der Waals surface area contributed by atoms with Crippen LogP contribution >= 0.6 is 11.8 Å². The van der Waals surface area contributed by atoms with Gasteiger partial charge >= 0.3 is 5.97 Å². The summed E-state index contributed by atoms with van der Waals surface area (Å²) in [6.45, 7) is 2.01. The molecule has 1 aromatic rings. The number of sulfone groups is 1. The van der Waals surface area contributed by atoms with Crippen LogP contribution < -0.4 is 4.74 Å². The average molecular weight is 318 g/mol. The van der Waals surface area contributed by atoms with E-state index in [1.807, 2.05) is 6.92 Å². The molecule has 0 saturated carbocycles. The fourth-order valence-electron chi connectivity index (χ4n) is 1.66. The minimum Gasteiger partial charge on any atom is -0.495 e. The molecule has 0 bridgehead atoms. The summed E-state index contributed by atoms with van der Waals surface area (Å²) >= 11 is 1.67. The average Bonchev–Trinajstić information content (AvgIpc) is 2.42. The molecular formula is C13H18O5S2. The van der Waals surface area contributed by atoms with Gasteiger partial charge in [-0.1, -0.05) is 6.92 Å². The summed E-state index contributed by atoms with van der Waals surface area (Å²) in [5, 5.41) is 8.95. The highest BCUT2D eigenvalue weighted by atomic mass is 32.2. The van der Waals surface area contributed by atoms with E-state index in [2.05, 4.69) is 0 Å². The smallest absolute Gasteiger partial charge is 0.335 e. The van der Waals surface area contributed by atoms with Crippen molar-refractivity contribution in [2.24, 2.45) is 0 Å². The van der Waals surface area contributed by atoms with Crippen molar-refractivity contribution in [3.63, 3.8) is 0 Å². The van der Waals surface area contributed by atoms with Crippen molar-refractivity contribution in [1.82, 2.24) is 0 Å². The lowest BCUT2D eigenvalue weighted by atomic mass is 10.2. The second-order valence-electron chi connectivity index (χ2n) is 4.04. The van der Waals surface area contributed by atoms with Gasteiger partial charge in [-0.3, -0.25) is 0 Å². The van der Waals surface area contributed by atoms with Crippen LogP contribution in [0, 0.1) is 0 Å². The van der Waals surface area contributed by atoms with E-state index in [1.54, 1.807) is 11.8 Å². The van der Waals surface area contributed by atoms with Crippen molar-refractivity contribution in [3.8, 4) is 5.75 Å². The molecule has 0 aromatic heterocycles. The van der Waals surface area contributed by atoms with Gasteiger partial charge in [0.25, 0.3) is 0 Å². The Morgan fingerprint density at radius 1 is 1.40 bits per heavy atom. The predicted molar refractivity (Wildman–Crippen MR) is 79.6 cm³/mol. The summed E-state index contributed by atoms with van der Waals surface area (Å²) in [6, 6.07) is 3.85. The maximum absolute atomic E-state index is 12.3. The third-order valence-corrected chi connectivity index (χ3v) is 5.45. The van der Waals surface area contributed by atoms with Crippen LogP contribution in [-0.4, -0.2) is 43.9 Å². The van der Waals surface area contributed by atoms with Crippen LogP contribution in [-0.2, 0) is 9.84 Å². The van der Waals surface area contributed by atoms with Gasteiger partial charge in [-0.2, -0.15) is 11.8 Å². The zero-order valence-corrected chi connectivity index (χ0v) is 13.1. The third kappa shape index (κ3) is 4.42. The van der Waals surface area contributed by atoms with Crippen LogP contribution in [0.2, 0.25) is 0 Å². The van der Waals surface area contributed by atoms with Gasteiger partial charge in [-0.05, 0) is 36.1 Å². The Morgan fingerprint density at radius 3 is 2.65 bits per heavy atom. The van der Waals surface area contributed by atoms with Gasteiger partial charge in [-0.25, -0.2) is 13.2 Å². The van der Waals surface area contributed by atoms with Crippen molar-refractivity contribution in [2.75, 3.05) is 24.4 Å². The molecule has 5 nitrogen and oxygen atoms in total. The molecule has 0 aliphatic carbocycles. The van der Waals surface area contributed by atoms with Gasteiger partial charge in [0.2, 0.25) is 0 Å². The van der Waals surface area contributed by atoms with Crippen LogP contribution in [0.25, 0.3) is 0 Å². The number of methoxy groups -OCH3 is 1. The molecule has 112 valence electrons. The van der Waals surface area contributed by atoms with E-state index in [-0.39, 0.29) is 22.0 Å². The van der Waals surface area contributed by atoms with E-state index in [0.29, 0.717) is 6.42 Å². The molecule has 20 heavy (non-hydrogen) atoms. The van der Waals surface area contributed by atoms with E-state index in [9.17, 15) is 13.2 Å². The molecule has 0 spiro atoms. The zero-order chi connectivity index (χ0) is 15.2. The molecule has 0 amide bonds. The van der Waals surface area contributed by atoms with Gasteiger partial charge in [0.1, 0.15) is 10.6 Å². The Balaban J connectivity index is 3.02. The summed E-state index contributed by atoms with van der Waals surface area (Å²) < 4.78 is 29.6. The quantitative estimate of drug-likeness (QED) is 0.741. The second kappa shape index (κ2) is 7.54. The molecule has 0 aliphatic rings. The molecular weight excluding hydrogens is 300 g/mol. The topological polar surface area (TPSA) is 80.7 Å². The Labute approximate surface area is 123 Å². The monoisotopic (exact) mass is 318 g/mol. The number of rotatable bonds is 8. The number of ether oxygens (including phenoxy) is 1. The number of carbonyl (C=O) groups is 1. The Kier molecular flexibility index (Phi) is 6.35. The van der Waals surface area contributed by atoms with Crippen molar-refractivity contribution in [3.05, 3.63) is 23.8 Å². The number of thioether (sulfide) groups is 1. The molecule has 0 unspecified atom stereocenters. The fourth-order valence-corrected chi connectivity index (χ4v) is 3.99. The first-order valence-electron chi connectivity index (χ1n) is 6.14. The molecule has 1 aromatic carbocycles. The van der Waals surface area contributed by atoms with Crippen molar-refractivity contribution < 1.29 is 23.1 Å². The van der Waals surface area contributed by atoms with Gasteiger partial charge in [0.15, 0.2) is 9.84 Å². The first-order chi connectivity index (χ1) is 9.42. The Morgan fingerprint density at radius 2 is 2.10 bits per heavy atom. The predicted octanol–water partition coefficient (Wildman–Crippen LogP) is 2.31. The van der Waals surface area contributed by atoms with Crippen molar-refractivity contribution in [2.45, 2.75) is 18.2 Å². The van der Waals surface area contributed by atoms with E-state index < -0.39 is 15.8 Å². The first-order valence-corrected chi connectivity index (χ1v) is 8.95. The standard InChI is InChI=1S/C13H18O5S2/c1-3-19-7-4-8-20(16,17)12-9-10(13(14)15)5-6-11(12)18-2/h5-6,9H,3-4,7-8H2,1-2H3,(H,14,15). The summed E-state index contributed by atoms with van der Waals surface area (Å²) in [6.07, 6.45) is 0.529. The minimum atomic E-state index is -3.54. The molecule has 0 heterocycles. The zero-order valence-electron chi connectivity index (χ0n) is 11.5. The summed E-state index contributed by atoms with van der Waals surface area (Å²) in [5.41, 5.74) is -0.0627. The molecule has 0 radical (unpaired) electrons. The minimum absolute atomic E-state index is 0.0145. The van der Waals surface area contributed by atoms with E-state index in [4.69, 9.17) is 9.84 Å². The Hall–Kier alpha value is -1.21. The lowest BCUT2D eigenvalue weighted by molar-refractivity contribution is 0.0696. The van der Waals surface area contributed by atoms with E-state index >= 15 is 0 Å². The van der Waals surface area contributed by atoms with Gasteiger partial charge < -0.3 is 9.84 Å². The van der Waals surface area contributed by atoms with Crippen LogP contribution in [0.15, 0.2) is 23.1 Å². The lowest BCUT2D eigenvalue weighted by Gasteiger charge is -2.10. The van der Waals surface area contributed by atoms with Crippen LogP contribution in [0.5, 0.6) is 5.75 Å². The number of aromatic carboxylic acids is 1. The second-order valence-corrected chi connectivity index (χ2v) is 7.51. The molecule has 1 N–H and O–H groups in total. The van der Waals surface area contributed by atoms with E-state index in [0.717, 1.165) is 17.6 Å². The van der Waals surface area contributed by atoms with Crippen LogP contribution in [0.3, 0.4) is 0 Å². The summed E-state index contributed by atoms with van der Waals surface area (Å²) in [5.74, 6) is 0.706. The number of carboxylic acid groups (broad SMARTS) is 1. The fraction of sp³-hybridized carbons (Fsp3) is 0.462. The Bertz CT molecular complexity index is 566. The molecule has 1 rings (SSSR count). The third-order valence-electron chi connectivity index (χ3n) is 2.65. The molecule has 0 atom stereocenters. The normalized spacial score (nSPS) is 11.3. The largest absolute Gasteiger partial charge is 0.495 e. The number of hydrogen-bond donors (Lipinski definition) is 1. The highest BCUT2D eigenvalue weighted by Gasteiger charge is 2.21. The van der Waals surface area contributed by atoms with Crippen LogP contribution in [0.1, 0.15) is 23.7 Å². The highest BCUT2D eigenvalue weighted by Crippen LogP contribution is 2.26. The van der Waals surface area contributed by atoms with Gasteiger partial charge in [0.05, 0.1) is 18.4 Å². The van der Waals surface area contributed by atoms with Gasteiger partial charge in [-0.15, -0.1) is 0 Å². The molecule has 0 saturated heterocycles. The molecule has 0 fully saturated rings. The maximum Gasteiger partial charge on any atom is 0.335 e. The van der Waals surface area contributed by atoms with E-state index in [1.165, 1.54) is 19.2 Å². The SMILES string of the molecule is CCSCCCS(=O)(=O)c1cc(C(=O)O)ccc1OC. The number of carboxylic acids is 1. The lowest BCUT2D eigenvalue weighted by Crippen LogP contribution is -2.11. The van der Waals surface area contributed by atoms with Crippen LogP contribution in [0.4, 0.5) is 0 Å². The van der Waals surface area contributed by atoms with Crippen molar-refractivity contribution in [1.29, 1.82) is 0 Å². The number of hydrogen-bond acceptors (Lipinski definition) is 5. The van der Waals surface area contributed by atoms with Crippen molar-refractivity contribution >= 4 is 27.6 Å². The number of benzene rings is 1. The maximum atomic E-state index is 12.3. The molecule has 7 heteroatoms. The molecule has 0 aliphatic heterocycles. The highest BCUT2D eigenvalue weighted by molar-refractivity contribution is 7.99.